The van der Waals surface area contributed by atoms with Gasteiger partial charge in [-0.3, -0.25) is 9.59 Å². The number of ether oxygens (including phenoxy) is 1. The first-order valence-corrected chi connectivity index (χ1v) is 6.88. The quantitative estimate of drug-likeness (QED) is 0.498. The number of carbonyl (C=O) groups excluding carboxylic acids is 1. The molecule has 5 nitrogen and oxygen atoms in total. The summed E-state index contributed by atoms with van der Waals surface area (Å²) in [5.41, 5.74) is -0.418. The maximum absolute atomic E-state index is 11.4. The zero-order valence-electron chi connectivity index (χ0n) is 12.5. The molecular weight excluding hydrogens is 246 g/mol. The van der Waals surface area contributed by atoms with Gasteiger partial charge < -0.3 is 15.2 Å². The third-order valence-corrected chi connectivity index (χ3v) is 2.69. The second-order valence-corrected chi connectivity index (χ2v) is 5.72. The molecule has 0 saturated carbocycles. The smallest absolute Gasteiger partial charge is 0.320 e. The highest BCUT2D eigenvalue weighted by Gasteiger charge is 2.16. The predicted molar refractivity (Wildman–Crippen MR) is 74.0 cm³/mol. The van der Waals surface area contributed by atoms with Gasteiger partial charge in [0.1, 0.15) is 11.6 Å². The van der Waals surface area contributed by atoms with E-state index < -0.39 is 17.6 Å². The number of aliphatic carboxylic acids is 1. The van der Waals surface area contributed by atoms with Crippen LogP contribution in [0.2, 0.25) is 0 Å². The van der Waals surface area contributed by atoms with E-state index in [1.54, 1.807) is 7.05 Å². The van der Waals surface area contributed by atoms with Gasteiger partial charge in [-0.05, 0) is 40.7 Å². The highest BCUT2D eigenvalue weighted by molar-refractivity contribution is 5.73. The van der Waals surface area contributed by atoms with E-state index in [1.807, 2.05) is 20.8 Å². The van der Waals surface area contributed by atoms with Crippen LogP contribution in [0.5, 0.6) is 0 Å². The average molecular weight is 273 g/mol. The Morgan fingerprint density at radius 3 is 2.21 bits per heavy atom. The van der Waals surface area contributed by atoms with Crippen molar-refractivity contribution >= 4 is 11.9 Å². The number of hydrogen-bond acceptors (Lipinski definition) is 4. The molecule has 0 aliphatic rings. The van der Waals surface area contributed by atoms with Gasteiger partial charge in [-0.2, -0.15) is 0 Å². The van der Waals surface area contributed by atoms with E-state index in [4.69, 9.17) is 9.84 Å². The number of carboxylic acid groups (broad SMARTS) is 1. The Labute approximate surface area is 115 Å². The van der Waals surface area contributed by atoms with Gasteiger partial charge >= 0.3 is 11.9 Å². The molecule has 0 fully saturated rings. The van der Waals surface area contributed by atoms with Crippen LogP contribution in [0.15, 0.2) is 0 Å². The largest absolute Gasteiger partial charge is 0.480 e. The van der Waals surface area contributed by atoms with Crippen molar-refractivity contribution in [2.45, 2.75) is 70.9 Å². The second-order valence-electron chi connectivity index (χ2n) is 5.72. The molecule has 0 aliphatic carbocycles. The summed E-state index contributed by atoms with van der Waals surface area (Å²) in [7, 11) is 1.65. The van der Waals surface area contributed by atoms with Crippen molar-refractivity contribution in [2.75, 3.05) is 7.05 Å². The van der Waals surface area contributed by atoms with Gasteiger partial charge in [0.2, 0.25) is 0 Å². The van der Waals surface area contributed by atoms with Crippen LogP contribution in [-0.4, -0.2) is 35.7 Å². The van der Waals surface area contributed by atoms with Crippen molar-refractivity contribution in [3.8, 4) is 0 Å². The first-order chi connectivity index (χ1) is 8.76. The molecule has 0 amide bonds. The molecule has 5 heteroatoms. The first kappa shape index (κ1) is 17.9. The fraction of sp³-hybridized carbons (Fsp3) is 0.857. The standard InChI is InChI=1S/C14H27NO4/c1-14(2,3)19-12(16)10-8-6-5-7-9-11(15-4)13(17)18/h11,15H,5-10H2,1-4H3,(H,17,18). The van der Waals surface area contributed by atoms with Crippen molar-refractivity contribution in [2.24, 2.45) is 0 Å². The Bertz CT molecular complexity index is 284. The maximum Gasteiger partial charge on any atom is 0.320 e. The lowest BCUT2D eigenvalue weighted by atomic mass is 10.1. The molecule has 112 valence electrons. The summed E-state index contributed by atoms with van der Waals surface area (Å²) in [6.45, 7) is 5.57. The van der Waals surface area contributed by atoms with Crippen LogP contribution in [0.25, 0.3) is 0 Å². The van der Waals surface area contributed by atoms with Crippen LogP contribution in [-0.2, 0) is 14.3 Å². The highest BCUT2D eigenvalue weighted by atomic mass is 16.6. The van der Waals surface area contributed by atoms with Crippen molar-refractivity contribution in [3.05, 3.63) is 0 Å². The van der Waals surface area contributed by atoms with Crippen LogP contribution < -0.4 is 5.32 Å². The third-order valence-electron chi connectivity index (χ3n) is 2.69. The minimum absolute atomic E-state index is 0.161. The van der Waals surface area contributed by atoms with Crippen molar-refractivity contribution in [1.82, 2.24) is 5.32 Å². The van der Waals surface area contributed by atoms with E-state index in [1.165, 1.54) is 0 Å². The molecule has 1 unspecified atom stereocenters. The Kier molecular flexibility index (Phi) is 8.39. The van der Waals surface area contributed by atoms with Crippen molar-refractivity contribution in [1.29, 1.82) is 0 Å². The summed E-state index contributed by atoms with van der Waals surface area (Å²) < 4.78 is 5.20. The Morgan fingerprint density at radius 1 is 1.16 bits per heavy atom. The Hall–Kier alpha value is -1.10. The molecule has 0 aromatic carbocycles. The Morgan fingerprint density at radius 2 is 1.74 bits per heavy atom. The van der Waals surface area contributed by atoms with Crippen molar-refractivity contribution in [3.63, 3.8) is 0 Å². The van der Waals surface area contributed by atoms with Gasteiger partial charge in [-0.1, -0.05) is 19.3 Å². The SMILES string of the molecule is CNC(CCCCCCC(=O)OC(C)(C)C)C(=O)O. The second kappa shape index (κ2) is 8.91. The van der Waals surface area contributed by atoms with E-state index in [-0.39, 0.29) is 5.97 Å². The van der Waals surface area contributed by atoms with E-state index >= 15 is 0 Å². The van der Waals surface area contributed by atoms with E-state index in [9.17, 15) is 9.59 Å². The fourth-order valence-corrected chi connectivity index (χ4v) is 1.76. The first-order valence-electron chi connectivity index (χ1n) is 6.88. The topological polar surface area (TPSA) is 75.6 Å². The van der Waals surface area contributed by atoms with Gasteiger partial charge in [0.25, 0.3) is 0 Å². The van der Waals surface area contributed by atoms with Gasteiger partial charge in [0.05, 0.1) is 0 Å². The number of unbranched alkanes of at least 4 members (excludes halogenated alkanes) is 3. The molecule has 0 radical (unpaired) electrons. The normalized spacial score (nSPS) is 13.1. The van der Waals surface area contributed by atoms with Crippen LogP contribution in [0, 0.1) is 0 Å². The van der Waals surface area contributed by atoms with Gasteiger partial charge in [0.15, 0.2) is 0 Å². The number of esters is 1. The number of likely N-dealkylation sites (N-methyl/N-ethyl adjacent to an activating group) is 1. The summed E-state index contributed by atoms with van der Waals surface area (Å²) >= 11 is 0. The van der Waals surface area contributed by atoms with Crippen molar-refractivity contribution < 1.29 is 19.4 Å². The summed E-state index contributed by atoms with van der Waals surface area (Å²) in [4.78, 5) is 22.2. The molecule has 0 aromatic heterocycles. The molecule has 0 heterocycles. The molecule has 0 rings (SSSR count). The van der Waals surface area contributed by atoms with Crippen LogP contribution in [0.3, 0.4) is 0 Å². The molecule has 19 heavy (non-hydrogen) atoms. The zero-order valence-corrected chi connectivity index (χ0v) is 12.5. The molecule has 0 bridgehead atoms. The molecule has 0 aromatic rings. The average Bonchev–Trinajstić information content (AvgIpc) is 2.25. The number of carbonyl (C=O) groups is 2. The van der Waals surface area contributed by atoms with Crippen LogP contribution >= 0.6 is 0 Å². The lowest BCUT2D eigenvalue weighted by molar-refractivity contribution is -0.155. The highest BCUT2D eigenvalue weighted by Crippen LogP contribution is 2.12. The molecular formula is C14H27NO4. The number of nitrogens with one attached hydrogen (secondary N) is 1. The van der Waals surface area contributed by atoms with Crippen LogP contribution in [0.4, 0.5) is 0 Å². The minimum atomic E-state index is -0.809. The fourth-order valence-electron chi connectivity index (χ4n) is 1.76. The summed E-state index contributed by atoms with van der Waals surface area (Å²) in [6, 6.07) is -0.467. The zero-order chi connectivity index (χ0) is 14.9. The van der Waals surface area contributed by atoms with Gasteiger partial charge in [0, 0.05) is 6.42 Å². The minimum Gasteiger partial charge on any atom is -0.480 e. The summed E-state index contributed by atoms with van der Waals surface area (Å²) in [5.74, 6) is -0.970. The number of rotatable bonds is 9. The summed E-state index contributed by atoms with van der Waals surface area (Å²) in [5, 5.41) is 11.6. The maximum atomic E-state index is 11.4. The lowest BCUT2D eigenvalue weighted by Crippen LogP contribution is -2.33. The predicted octanol–water partition coefficient (Wildman–Crippen LogP) is 2.34. The molecule has 0 aliphatic heterocycles. The van der Waals surface area contributed by atoms with E-state index in [0.29, 0.717) is 12.8 Å². The van der Waals surface area contributed by atoms with E-state index in [2.05, 4.69) is 5.32 Å². The molecule has 2 N–H and O–H groups in total. The van der Waals surface area contributed by atoms with Gasteiger partial charge in [-0.25, -0.2) is 0 Å². The number of carboxylic acids is 1. The third kappa shape index (κ3) is 10.5. The van der Waals surface area contributed by atoms with Crippen LogP contribution in [0.1, 0.15) is 59.3 Å². The summed E-state index contributed by atoms with van der Waals surface area (Å²) in [6.07, 6.45) is 4.58. The molecule has 1 atom stereocenters. The lowest BCUT2D eigenvalue weighted by Gasteiger charge is -2.19. The van der Waals surface area contributed by atoms with Gasteiger partial charge in [-0.15, -0.1) is 0 Å². The number of hydrogen-bond donors (Lipinski definition) is 2. The monoisotopic (exact) mass is 273 g/mol. The molecule has 0 saturated heterocycles. The molecule has 0 spiro atoms. The Balaban J connectivity index is 3.55. The van der Waals surface area contributed by atoms with E-state index in [0.717, 1.165) is 25.7 Å².